The summed E-state index contributed by atoms with van der Waals surface area (Å²) >= 11 is 0. The Labute approximate surface area is 143 Å². The van der Waals surface area contributed by atoms with Crippen LogP contribution in [0.25, 0.3) is 5.69 Å². The Bertz CT molecular complexity index is 844. The molecule has 7 nitrogen and oxygen atoms in total. The molecule has 2 aromatic rings. The summed E-state index contributed by atoms with van der Waals surface area (Å²) in [4.78, 5) is 35.0. The van der Waals surface area contributed by atoms with Crippen molar-refractivity contribution in [3.63, 3.8) is 0 Å². The van der Waals surface area contributed by atoms with Crippen molar-refractivity contribution in [2.45, 2.75) is 32.2 Å². The first kappa shape index (κ1) is 18.3. The van der Waals surface area contributed by atoms with E-state index in [1.807, 2.05) is 0 Å². The van der Waals surface area contributed by atoms with Crippen molar-refractivity contribution in [1.29, 1.82) is 0 Å². The van der Waals surface area contributed by atoms with Gasteiger partial charge in [-0.3, -0.25) is 14.4 Å². The van der Waals surface area contributed by atoms with E-state index in [4.69, 9.17) is 5.11 Å². The number of halogens is 1. The Kier molecular flexibility index (Phi) is 5.31. The molecule has 0 radical (unpaired) electrons. The van der Waals surface area contributed by atoms with Gasteiger partial charge in [-0.1, -0.05) is 0 Å². The molecule has 0 saturated carbocycles. The van der Waals surface area contributed by atoms with Crippen LogP contribution >= 0.6 is 0 Å². The van der Waals surface area contributed by atoms with Crippen molar-refractivity contribution < 1.29 is 19.1 Å². The Balaban J connectivity index is 2.23. The molecule has 0 fully saturated rings. The fourth-order valence-electron chi connectivity index (χ4n) is 2.15. The summed E-state index contributed by atoms with van der Waals surface area (Å²) in [6.07, 6.45) is 0.154. The van der Waals surface area contributed by atoms with Gasteiger partial charge in [0.05, 0.1) is 5.69 Å². The first-order valence-corrected chi connectivity index (χ1v) is 7.58. The molecule has 0 aliphatic heterocycles. The smallest absolute Gasteiger partial charge is 0.303 e. The zero-order chi connectivity index (χ0) is 18.6. The number of carboxylic acid groups (broad SMARTS) is 1. The van der Waals surface area contributed by atoms with Crippen LogP contribution in [0.1, 0.15) is 37.2 Å². The molecule has 25 heavy (non-hydrogen) atoms. The molecule has 1 heterocycles. The minimum absolute atomic E-state index is 0.00711. The van der Waals surface area contributed by atoms with Crippen molar-refractivity contribution in [1.82, 2.24) is 15.1 Å². The van der Waals surface area contributed by atoms with E-state index in [1.165, 1.54) is 36.4 Å². The molecule has 1 aromatic heterocycles. The van der Waals surface area contributed by atoms with Gasteiger partial charge in [0.1, 0.15) is 11.5 Å². The molecule has 0 aliphatic rings. The van der Waals surface area contributed by atoms with E-state index < -0.39 is 28.8 Å². The number of aliphatic carboxylic acids is 1. The number of hydrogen-bond acceptors (Lipinski definition) is 4. The lowest BCUT2D eigenvalue weighted by Gasteiger charge is -2.25. The van der Waals surface area contributed by atoms with E-state index in [-0.39, 0.29) is 18.5 Å². The molecule has 2 N–H and O–H groups in total. The SMILES string of the molecule is CC(C)(CCC(=O)O)NC(=O)c1ccc(=O)n(-c2ccc(F)cc2)n1. The van der Waals surface area contributed by atoms with Crippen LogP contribution in [0.5, 0.6) is 0 Å². The summed E-state index contributed by atoms with van der Waals surface area (Å²) in [5.41, 5.74) is -0.902. The molecule has 0 spiro atoms. The van der Waals surface area contributed by atoms with Crippen LogP contribution in [0, 0.1) is 5.82 Å². The lowest BCUT2D eigenvalue weighted by molar-refractivity contribution is -0.137. The van der Waals surface area contributed by atoms with Gasteiger partial charge in [0.2, 0.25) is 0 Å². The maximum atomic E-state index is 13.0. The molecule has 1 aromatic carbocycles. The predicted molar refractivity (Wildman–Crippen MR) is 88.2 cm³/mol. The van der Waals surface area contributed by atoms with Gasteiger partial charge >= 0.3 is 5.97 Å². The third kappa shape index (κ3) is 4.97. The minimum Gasteiger partial charge on any atom is -0.481 e. The van der Waals surface area contributed by atoms with Gasteiger partial charge in [0.15, 0.2) is 0 Å². The largest absolute Gasteiger partial charge is 0.481 e. The van der Waals surface area contributed by atoms with Gasteiger partial charge in [0, 0.05) is 18.0 Å². The number of benzene rings is 1. The van der Waals surface area contributed by atoms with E-state index in [9.17, 15) is 18.8 Å². The van der Waals surface area contributed by atoms with Crippen molar-refractivity contribution in [3.05, 3.63) is 58.3 Å². The van der Waals surface area contributed by atoms with Gasteiger partial charge in [-0.05, 0) is 50.6 Å². The number of carbonyl (C=O) groups excluding carboxylic acids is 1. The fourth-order valence-corrected chi connectivity index (χ4v) is 2.15. The lowest BCUT2D eigenvalue weighted by atomic mass is 9.98. The monoisotopic (exact) mass is 347 g/mol. The van der Waals surface area contributed by atoms with Crippen LogP contribution in [-0.4, -0.2) is 32.3 Å². The topological polar surface area (TPSA) is 101 Å². The Morgan fingerprint density at radius 1 is 1.20 bits per heavy atom. The van der Waals surface area contributed by atoms with Crippen LogP contribution < -0.4 is 10.9 Å². The lowest BCUT2D eigenvalue weighted by Crippen LogP contribution is -2.44. The van der Waals surface area contributed by atoms with Gasteiger partial charge in [-0.15, -0.1) is 0 Å². The summed E-state index contributed by atoms with van der Waals surface area (Å²) in [6, 6.07) is 7.60. The molecule has 0 saturated heterocycles. The van der Waals surface area contributed by atoms with Crippen LogP contribution in [-0.2, 0) is 4.79 Å². The van der Waals surface area contributed by atoms with Crippen LogP contribution in [0.15, 0.2) is 41.2 Å². The number of amides is 1. The molecular weight excluding hydrogens is 329 g/mol. The van der Waals surface area contributed by atoms with Crippen molar-refractivity contribution in [3.8, 4) is 5.69 Å². The molecule has 2 rings (SSSR count). The molecule has 0 unspecified atom stereocenters. The molecule has 1 amide bonds. The minimum atomic E-state index is -0.953. The van der Waals surface area contributed by atoms with E-state index >= 15 is 0 Å². The average Bonchev–Trinajstić information content (AvgIpc) is 2.54. The van der Waals surface area contributed by atoms with Crippen LogP contribution in [0.2, 0.25) is 0 Å². The second-order valence-corrected chi connectivity index (χ2v) is 6.18. The van der Waals surface area contributed by atoms with Crippen molar-refractivity contribution in [2.24, 2.45) is 0 Å². The van der Waals surface area contributed by atoms with Crippen molar-refractivity contribution >= 4 is 11.9 Å². The molecule has 0 aliphatic carbocycles. The highest BCUT2D eigenvalue weighted by atomic mass is 19.1. The van der Waals surface area contributed by atoms with Gasteiger partial charge in [-0.25, -0.2) is 4.39 Å². The number of aromatic nitrogens is 2. The number of carboxylic acids is 1. The third-order valence-electron chi connectivity index (χ3n) is 3.52. The normalized spacial score (nSPS) is 11.2. The number of nitrogens with one attached hydrogen (secondary N) is 1. The van der Waals surface area contributed by atoms with Gasteiger partial charge < -0.3 is 10.4 Å². The molecule has 8 heteroatoms. The zero-order valence-electron chi connectivity index (χ0n) is 13.8. The summed E-state index contributed by atoms with van der Waals surface area (Å²) in [6.45, 7) is 3.40. The highest BCUT2D eigenvalue weighted by molar-refractivity contribution is 5.92. The van der Waals surface area contributed by atoms with E-state index in [0.717, 1.165) is 4.68 Å². The van der Waals surface area contributed by atoms with Crippen molar-refractivity contribution in [2.75, 3.05) is 0 Å². The Morgan fingerprint density at radius 2 is 1.84 bits per heavy atom. The molecule has 132 valence electrons. The summed E-state index contributed by atoms with van der Waals surface area (Å²) in [7, 11) is 0. The maximum absolute atomic E-state index is 13.0. The van der Waals surface area contributed by atoms with Gasteiger partial charge in [0.25, 0.3) is 11.5 Å². The van der Waals surface area contributed by atoms with Crippen LogP contribution in [0.3, 0.4) is 0 Å². The maximum Gasteiger partial charge on any atom is 0.303 e. The zero-order valence-corrected chi connectivity index (χ0v) is 13.8. The first-order valence-electron chi connectivity index (χ1n) is 7.58. The second-order valence-electron chi connectivity index (χ2n) is 6.18. The Morgan fingerprint density at radius 3 is 2.44 bits per heavy atom. The fraction of sp³-hybridized carbons (Fsp3) is 0.294. The summed E-state index contributed by atoms with van der Waals surface area (Å²) in [5, 5.41) is 15.5. The summed E-state index contributed by atoms with van der Waals surface area (Å²) < 4.78 is 14.0. The van der Waals surface area contributed by atoms with Gasteiger partial charge in [-0.2, -0.15) is 9.78 Å². The number of carbonyl (C=O) groups is 2. The average molecular weight is 347 g/mol. The standard InChI is InChI=1S/C17H18FN3O4/c1-17(2,10-9-15(23)24)19-16(25)13-7-8-14(22)21(20-13)12-5-3-11(18)4-6-12/h3-8H,9-10H2,1-2H3,(H,19,25)(H,23,24). The van der Waals surface area contributed by atoms with E-state index in [2.05, 4.69) is 10.4 Å². The second kappa shape index (κ2) is 7.25. The van der Waals surface area contributed by atoms with Crippen LogP contribution in [0.4, 0.5) is 4.39 Å². The quantitative estimate of drug-likeness (QED) is 0.829. The van der Waals surface area contributed by atoms with E-state index in [0.29, 0.717) is 5.69 Å². The predicted octanol–water partition coefficient (Wildman–Crippen LogP) is 1.74. The molecule has 0 atom stereocenters. The number of rotatable bonds is 6. The molecule has 0 bridgehead atoms. The number of hydrogen-bond donors (Lipinski definition) is 2. The molecular formula is C17H18FN3O4. The Hall–Kier alpha value is -3.03. The summed E-state index contributed by atoms with van der Waals surface area (Å²) in [5.74, 6) is -1.94. The highest BCUT2D eigenvalue weighted by Gasteiger charge is 2.23. The first-order chi connectivity index (χ1) is 11.7. The van der Waals surface area contributed by atoms with E-state index in [1.54, 1.807) is 13.8 Å². The number of nitrogens with zero attached hydrogens (tertiary/aromatic N) is 2. The third-order valence-corrected chi connectivity index (χ3v) is 3.52. The highest BCUT2D eigenvalue weighted by Crippen LogP contribution is 2.12.